The Morgan fingerprint density at radius 1 is 1.07 bits per heavy atom. The van der Waals surface area contributed by atoms with Gasteiger partial charge in [0.2, 0.25) is 10.0 Å². The van der Waals surface area contributed by atoms with Gasteiger partial charge in [0.1, 0.15) is 5.65 Å². The van der Waals surface area contributed by atoms with Gasteiger partial charge in [-0.1, -0.05) is 12.1 Å². The number of benzene rings is 1. The number of fused-ring (bicyclic) bond motifs is 1. The Morgan fingerprint density at radius 3 is 2.54 bits per heavy atom. The molecule has 28 heavy (non-hydrogen) atoms. The van der Waals surface area contributed by atoms with Crippen LogP contribution in [0.2, 0.25) is 0 Å². The van der Waals surface area contributed by atoms with Crippen molar-refractivity contribution in [3.8, 4) is 11.1 Å². The van der Waals surface area contributed by atoms with Gasteiger partial charge in [0, 0.05) is 23.3 Å². The van der Waals surface area contributed by atoms with E-state index in [1.54, 1.807) is 18.3 Å². The van der Waals surface area contributed by atoms with Crippen molar-refractivity contribution in [1.29, 1.82) is 0 Å². The fourth-order valence-corrected chi connectivity index (χ4v) is 5.38. The van der Waals surface area contributed by atoms with E-state index in [4.69, 9.17) is 0 Å². The Bertz CT molecular complexity index is 1120. The van der Waals surface area contributed by atoms with E-state index < -0.39 is 22.2 Å². The van der Waals surface area contributed by atoms with Gasteiger partial charge in [0.25, 0.3) is 0 Å². The fourth-order valence-electron chi connectivity index (χ4n) is 4.07. The molecule has 2 heterocycles. The van der Waals surface area contributed by atoms with Crippen LogP contribution in [0, 0.1) is 0 Å². The number of hydrogen-bond donors (Lipinski definition) is 3. The van der Waals surface area contributed by atoms with E-state index in [9.17, 15) is 13.5 Å². The molecule has 7 heteroatoms. The van der Waals surface area contributed by atoms with Crippen molar-refractivity contribution in [3.63, 3.8) is 0 Å². The van der Waals surface area contributed by atoms with Crippen molar-refractivity contribution in [3.05, 3.63) is 48.3 Å². The summed E-state index contributed by atoms with van der Waals surface area (Å²) in [5.41, 5.74) is 4.09. The molecule has 0 saturated heterocycles. The molecule has 0 radical (unpaired) electrons. The van der Waals surface area contributed by atoms with E-state index in [-0.39, 0.29) is 4.90 Å². The average Bonchev–Trinajstić information content (AvgIpc) is 3.33. The first-order valence-electron chi connectivity index (χ1n) is 9.80. The lowest BCUT2D eigenvalue weighted by atomic mass is 10.0. The summed E-state index contributed by atoms with van der Waals surface area (Å²) in [5.74, 6) is 0.617. The maximum Gasteiger partial charge on any atom is 0.240 e. The third-order valence-electron chi connectivity index (χ3n) is 5.83. The smallest absolute Gasteiger partial charge is 0.240 e. The summed E-state index contributed by atoms with van der Waals surface area (Å²) < 4.78 is 27.9. The van der Waals surface area contributed by atoms with Crippen molar-refractivity contribution in [2.75, 3.05) is 0 Å². The van der Waals surface area contributed by atoms with Crippen LogP contribution < -0.4 is 4.72 Å². The van der Waals surface area contributed by atoms with Gasteiger partial charge in [0.15, 0.2) is 0 Å². The highest BCUT2D eigenvalue weighted by molar-refractivity contribution is 7.89. The monoisotopic (exact) mass is 397 g/mol. The zero-order valence-electron chi connectivity index (χ0n) is 15.4. The van der Waals surface area contributed by atoms with E-state index in [1.807, 2.05) is 18.2 Å². The molecular formula is C21H23N3O3S. The molecule has 146 valence electrons. The van der Waals surface area contributed by atoms with Crippen LogP contribution in [-0.2, 0) is 10.0 Å². The molecule has 2 aliphatic rings. The summed E-state index contributed by atoms with van der Waals surface area (Å²) in [4.78, 5) is 8.06. The minimum absolute atomic E-state index is 0.216. The minimum atomic E-state index is -3.65. The number of nitrogens with one attached hydrogen (secondary N) is 2. The number of nitrogens with zero attached hydrogens (tertiary/aromatic N) is 1. The highest BCUT2D eigenvalue weighted by Crippen LogP contribution is 2.41. The van der Waals surface area contributed by atoms with Crippen molar-refractivity contribution < 1.29 is 13.5 Å². The highest BCUT2D eigenvalue weighted by atomic mass is 32.2. The van der Waals surface area contributed by atoms with Crippen molar-refractivity contribution in [2.24, 2.45) is 0 Å². The van der Waals surface area contributed by atoms with Crippen LogP contribution in [0.4, 0.5) is 0 Å². The first-order valence-corrected chi connectivity index (χ1v) is 11.3. The average molecular weight is 398 g/mol. The molecule has 2 fully saturated rings. The summed E-state index contributed by atoms with van der Waals surface area (Å²) in [6, 6.07) is 10.6. The molecule has 2 saturated carbocycles. The number of pyridine rings is 1. The van der Waals surface area contributed by atoms with E-state index in [1.165, 1.54) is 18.5 Å². The number of hydrogen-bond acceptors (Lipinski definition) is 4. The molecule has 3 aromatic rings. The van der Waals surface area contributed by atoms with E-state index in [0.29, 0.717) is 18.8 Å². The van der Waals surface area contributed by atoms with Gasteiger partial charge >= 0.3 is 0 Å². The molecule has 6 nitrogen and oxygen atoms in total. The lowest BCUT2D eigenvalue weighted by Crippen LogP contribution is -2.39. The van der Waals surface area contributed by atoms with Crippen molar-refractivity contribution >= 4 is 21.1 Å². The van der Waals surface area contributed by atoms with Gasteiger partial charge in [-0.15, -0.1) is 0 Å². The molecule has 0 unspecified atom stereocenters. The number of aliphatic hydroxyl groups excluding tert-OH is 1. The van der Waals surface area contributed by atoms with Gasteiger partial charge in [-0.25, -0.2) is 18.1 Å². The molecule has 5 rings (SSSR count). The van der Waals surface area contributed by atoms with Crippen LogP contribution in [0.25, 0.3) is 22.2 Å². The number of H-pyrrole nitrogens is 1. The molecule has 1 aromatic carbocycles. The van der Waals surface area contributed by atoms with Crippen molar-refractivity contribution in [2.45, 2.75) is 55.1 Å². The molecule has 0 spiro atoms. The zero-order chi connectivity index (χ0) is 19.3. The topological polar surface area (TPSA) is 95.1 Å². The lowest BCUT2D eigenvalue weighted by molar-refractivity contribution is 0.159. The molecule has 2 aromatic heterocycles. The number of rotatable bonds is 5. The standard InChI is InChI=1S/C21H23N3O3S/c25-20-3-1-2-18(20)24-28(26,27)15-8-6-13(7-9-15)16-10-11-22-21-17(16)12-19(23-21)14-4-5-14/h6-12,14,18,20,24-25H,1-5H2,(H,22,23)/t18-,20-/m1/s1. The van der Waals surface area contributed by atoms with Crippen LogP contribution in [0.3, 0.4) is 0 Å². The second-order valence-corrected chi connectivity index (χ2v) is 9.58. The van der Waals surface area contributed by atoms with Crippen LogP contribution in [0.1, 0.15) is 43.7 Å². The Morgan fingerprint density at radius 2 is 1.86 bits per heavy atom. The molecular weight excluding hydrogens is 374 g/mol. The van der Waals surface area contributed by atoms with E-state index >= 15 is 0 Å². The van der Waals surface area contributed by atoms with Gasteiger partial charge < -0.3 is 10.1 Å². The maximum absolute atomic E-state index is 12.6. The van der Waals surface area contributed by atoms with Crippen molar-refractivity contribution in [1.82, 2.24) is 14.7 Å². The van der Waals surface area contributed by atoms with Crippen LogP contribution in [-0.4, -0.2) is 35.6 Å². The third kappa shape index (κ3) is 3.23. The molecule has 3 N–H and O–H groups in total. The maximum atomic E-state index is 12.6. The second-order valence-electron chi connectivity index (χ2n) is 7.87. The van der Waals surface area contributed by atoms with Crippen LogP contribution in [0.15, 0.2) is 47.5 Å². The normalized spacial score (nSPS) is 22.8. The lowest BCUT2D eigenvalue weighted by Gasteiger charge is -2.16. The van der Waals surface area contributed by atoms with Gasteiger partial charge in [0.05, 0.1) is 11.0 Å². The quantitative estimate of drug-likeness (QED) is 0.616. The number of aromatic nitrogens is 2. The van der Waals surface area contributed by atoms with Crippen LogP contribution >= 0.6 is 0 Å². The number of sulfonamides is 1. The predicted octanol–water partition coefficient (Wildman–Crippen LogP) is 3.30. The summed E-state index contributed by atoms with van der Waals surface area (Å²) in [6.45, 7) is 0. The fraction of sp³-hybridized carbons (Fsp3) is 0.381. The van der Waals surface area contributed by atoms with E-state index in [2.05, 4.69) is 20.8 Å². The SMILES string of the molecule is O=S(=O)(N[C@@H]1CCC[C@H]1O)c1ccc(-c2ccnc3[nH]c(C4CC4)cc23)cc1. The Labute approximate surface area is 164 Å². The Balaban J connectivity index is 1.44. The van der Waals surface area contributed by atoms with Gasteiger partial charge in [-0.2, -0.15) is 0 Å². The minimum Gasteiger partial charge on any atom is -0.391 e. The number of aromatic amines is 1. The molecule has 2 atom stereocenters. The number of aliphatic hydroxyl groups is 1. The molecule has 2 aliphatic carbocycles. The molecule has 0 bridgehead atoms. The first kappa shape index (κ1) is 17.8. The predicted molar refractivity (Wildman–Crippen MR) is 107 cm³/mol. The zero-order valence-corrected chi connectivity index (χ0v) is 16.2. The summed E-state index contributed by atoms with van der Waals surface area (Å²) >= 11 is 0. The molecule has 0 amide bonds. The summed E-state index contributed by atoms with van der Waals surface area (Å²) in [6.07, 6.45) is 5.76. The second kappa shape index (κ2) is 6.69. The van der Waals surface area contributed by atoms with Crippen LogP contribution in [0.5, 0.6) is 0 Å². The highest BCUT2D eigenvalue weighted by Gasteiger charge is 2.30. The van der Waals surface area contributed by atoms with E-state index in [0.717, 1.165) is 28.6 Å². The first-order chi connectivity index (χ1) is 13.5. The Kier molecular flexibility index (Phi) is 4.26. The Hall–Kier alpha value is -2.22. The largest absolute Gasteiger partial charge is 0.391 e. The third-order valence-corrected chi connectivity index (χ3v) is 7.34. The van der Waals surface area contributed by atoms with Gasteiger partial charge in [-0.05, 0) is 73.4 Å². The van der Waals surface area contributed by atoms with Gasteiger partial charge in [-0.3, -0.25) is 0 Å². The summed E-state index contributed by atoms with van der Waals surface area (Å²) in [7, 11) is -3.65. The summed E-state index contributed by atoms with van der Waals surface area (Å²) in [5, 5.41) is 11.0. The molecule has 0 aliphatic heterocycles.